The fourth-order valence-electron chi connectivity index (χ4n) is 2.76. The van der Waals surface area contributed by atoms with Gasteiger partial charge in [0.2, 0.25) is 17.7 Å². The molecule has 0 spiro atoms. The second kappa shape index (κ2) is 15.5. The molecule has 3 amide bonds. The molecule has 0 radical (unpaired) electrons. The average molecular weight is 445 g/mol. The normalized spacial score (nSPS) is 14.9. The molecule has 0 aromatic heterocycles. The van der Waals surface area contributed by atoms with Crippen LogP contribution in [0.3, 0.4) is 0 Å². The highest BCUT2D eigenvalue weighted by atomic mass is 16.4. The summed E-state index contributed by atoms with van der Waals surface area (Å²) in [5.41, 5.74) is 16.8. The van der Waals surface area contributed by atoms with E-state index in [1.54, 1.807) is 13.8 Å². The summed E-state index contributed by atoms with van der Waals surface area (Å²) in [5.74, 6) is -2.88. The zero-order chi connectivity index (χ0) is 24.0. The Kier molecular flexibility index (Phi) is 14.4. The van der Waals surface area contributed by atoms with Gasteiger partial charge in [0.1, 0.15) is 18.1 Å². The molecule has 0 saturated carbocycles. The quantitative estimate of drug-likeness (QED) is 0.143. The highest BCUT2D eigenvalue weighted by Crippen LogP contribution is 2.05. The first-order chi connectivity index (χ1) is 14.5. The predicted molar refractivity (Wildman–Crippen MR) is 118 cm³/mol. The van der Waals surface area contributed by atoms with Crippen molar-refractivity contribution in [2.75, 3.05) is 13.1 Å². The maximum atomic E-state index is 12.7. The van der Waals surface area contributed by atoms with Crippen LogP contribution in [0.4, 0.5) is 0 Å². The Morgan fingerprint density at radius 1 is 0.742 bits per heavy atom. The second-order valence-electron chi connectivity index (χ2n) is 8.03. The molecule has 0 saturated heterocycles. The molecule has 0 fully saturated rings. The minimum atomic E-state index is -1.15. The van der Waals surface area contributed by atoms with E-state index in [1.807, 2.05) is 0 Å². The van der Waals surface area contributed by atoms with Crippen LogP contribution in [0.5, 0.6) is 0 Å². The molecule has 0 aromatic carbocycles. The molecule has 31 heavy (non-hydrogen) atoms. The van der Waals surface area contributed by atoms with Crippen molar-refractivity contribution in [2.24, 2.45) is 23.1 Å². The Labute approximate surface area is 184 Å². The van der Waals surface area contributed by atoms with Gasteiger partial charge in [-0.2, -0.15) is 0 Å². The standard InChI is InChI=1S/C20H40N6O5/c1-12(2)16(23)19(29)25-14(8-4-6-10-21)18(28)24-13(3)17(27)26-15(20(30)31)9-5-7-11-22/h12-16H,4-11,21-23H2,1-3H3,(H,24,28)(H,25,29)(H,26,27)(H,30,31). The van der Waals surface area contributed by atoms with E-state index in [4.69, 9.17) is 17.2 Å². The van der Waals surface area contributed by atoms with Crippen LogP contribution in [0.25, 0.3) is 0 Å². The fraction of sp³-hybridized carbons (Fsp3) is 0.800. The van der Waals surface area contributed by atoms with Crippen molar-refractivity contribution in [1.82, 2.24) is 16.0 Å². The SMILES string of the molecule is CC(NC(=O)C(CCCCN)NC(=O)C(N)C(C)C)C(=O)NC(CCCCN)C(=O)O. The topological polar surface area (TPSA) is 203 Å². The molecule has 0 aliphatic heterocycles. The highest BCUT2D eigenvalue weighted by molar-refractivity contribution is 5.93. The minimum absolute atomic E-state index is 0.107. The molecule has 11 heteroatoms. The number of nitrogens with one attached hydrogen (secondary N) is 3. The molecular weight excluding hydrogens is 404 g/mol. The van der Waals surface area contributed by atoms with Crippen molar-refractivity contribution in [3.63, 3.8) is 0 Å². The first kappa shape index (κ1) is 28.8. The number of hydrogen-bond donors (Lipinski definition) is 7. The van der Waals surface area contributed by atoms with Crippen molar-refractivity contribution in [2.45, 2.75) is 83.5 Å². The van der Waals surface area contributed by atoms with E-state index in [-0.39, 0.29) is 12.3 Å². The fourth-order valence-corrected chi connectivity index (χ4v) is 2.76. The van der Waals surface area contributed by atoms with Crippen LogP contribution in [0.2, 0.25) is 0 Å². The summed E-state index contributed by atoms with van der Waals surface area (Å²) >= 11 is 0. The number of rotatable bonds is 16. The molecule has 0 aliphatic carbocycles. The third-order valence-electron chi connectivity index (χ3n) is 4.91. The van der Waals surface area contributed by atoms with E-state index in [0.717, 1.165) is 0 Å². The van der Waals surface area contributed by atoms with Crippen molar-refractivity contribution in [1.29, 1.82) is 0 Å². The van der Waals surface area contributed by atoms with Crippen LogP contribution in [0, 0.1) is 5.92 Å². The first-order valence-corrected chi connectivity index (χ1v) is 10.8. The summed E-state index contributed by atoms with van der Waals surface area (Å²) in [6.07, 6.45) is 3.06. The Bertz CT molecular complexity index is 586. The number of nitrogens with two attached hydrogens (primary N) is 3. The zero-order valence-corrected chi connectivity index (χ0v) is 18.9. The highest BCUT2D eigenvalue weighted by Gasteiger charge is 2.28. The van der Waals surface area contributed by atoms with Gasteiger partial charge >= 0.3 is 5.97 Å². The lowest BCUT2D eigenvalue weighted by Crippen LogP contribution is -2.56. The van der Waals surface area contributed by atoms with E-state index in [2.05, 4.69) is 16.0 Å². The van der Waals surface area contributed by atoms with Crippen LogP contribution in [-0.4, -0.2) is 66.1 Å². The largest absolute Gasteiger partial charge is 0.480 e. The predicted octanol–water partition coefficient (Wildman–Crippen LogP) is -1.21. The molecule has 10 N–H and O–H groups in total. The Morgan fingerprint density at radius 3 is 1.68 bits per heavy atom. The van der Waals surface area contributed by atoms with Gasteiger partial charge in [-0.25, -0.2) is 4.79 Å². The monoisotopic (exact) mass is 444 g/mol. The lowest BCUT2D eigenvalue weighted by atomic mass is 10.0. The Balaban J connectivity index is 5.00. The molecule has 0 aliphatic rings. The van der Waals surface area contributed by atoms with Crippen LogP contribution in [0.15, 0.2) is 0 Å². The third kappa shape index (κ3) is 11.7. The zero-order valence-electron chi connectivity index (χ0n) is 18.9. The van der Waals surface area contributed by atoms with Crippen molar-refractivity contribution < 1.29 is 24.3 Å². The Morgan fingerprint density at radius 2 is 1.23 bits per heavy atom. The van der Waals surface area contributed by atoms with E-state index >= 15 is 0 Å². The number of unbranched alkanes of at least 4 members (excludes halogenated alkanes) is 2. The number of amides is 3. The molecule has 0 bridgehead atoms. The van der Waals surface area contributed by atoms with E-state index < -0.39 is 47.9 Å². The van der Waals surface area contributed by atoms with E-state index in [0.29, 0.717) is 45.2 Å². The van der Waals surface area contributed by atoms with Gasteiger partial charge in [0, 0.05) is 0 Å². The van der Waals surface area contributed by atoms with Crippen LogP contribution in [0.1, 0.15) is 59.3 Å². The summed E-state index contributed by atoms with van der Waals surface area (Å²) in [6.45, 7) is 5.93. The summed E-state index contributed by atoms with van der Waals surface area (Å²) in [4.78, 5) is 48.8. The van der Waals surface area contributed by atoms with Crippen molar-refractivity contribution in [3.8, 4) is 0 Å². The van der Waals surface area contributed by atoms with Crippen LogP contribution < -0.4 is 33.2 Å². The average Bonchev–Trinajstić information content (AvgIpc) is 2.71. The number of hydrogen-bond acceptors (Lipinski definition) is 7. The smallest absolute Gasteiger partial charge is 0.326 e. The van der Waals surface area contributed by atoms with Gasteiger partial charge in [-0.05, 0) is 64.5 Å². The van der Waals surface area contributed by atoms with Gasteiger partial charge in [0.25, 0.3) is 0 Å². The molecule has 4 unspecified atom stereocenters. The molecule has 180 valence electrons. The lowest BCUT2D eigenvalue weighted by molar-refractivity contribution is -0.142. The maximum absolute atomic E-state index is 12.7. The number of carbonyl (C=O) groups excluding carboxylic acids is 3. The minimum Gasteiger partial charge on any atom is -0.480 e. The van der Waals surface area contributed by atoms with Gasteiger partial charge in [-0.1, -0.05) is 13.8 Å². The van der Waals surface area contributed by atoms with Gasteiger partial charge in [-0.3, -0.25) is 14.4 Å². The summed E-state index contributed by atoms with van der Waals surface area (Å²) in [7, 11) is 0. The van der Waals surface area contributed by atoms with Crippen molar-refractivity contribution >= 4 is 23.7 Å². The van der Waals surface area contributed by atoms with Gasteiger partial charge in [0.15, 0.2) is 0 Å². The van der Waals surface area contributed by atoms with E-state index in [1.165, 1.54) is 6.92 Å². The summed E-state index contributed by atoms with van der Waals surface area (Å²) in [6, 6.07) is -3.70. The van der Waals surface area contributed by atoms with Crippen LogP contribution in [-0.2, 0) is 19.2 Å². The summed E-state index contributed by atoms with van der Waals surface area (Å²) < 4.78 is 0. The third-order valence-corrected chi connectivity index (χ3v) is 4.91. The van der Waals surface area contributed by atoms with Crippen LogP contribution >= 0.6 is 0 Å². The van der Waals surface area contributed by atoms with E-state index in [9.17, 15) is 24.3 Å². The number of carboxylic acids is 1. The lowest BCUT2D eigenvalue weighted by Gasteiger charge is -2.24. The molecule has 0 aromatic rings. The molecule has 4 atom stereocenters. The van der Waals surface area contributed by atoms with Gasteiger partial charge in [0.05, 0.1) is 6.04 Å². The number of aliphatic carboxylic acids is 1. The number of carbonyl (C=O) groups is 4. The summed E-state index contributed by atoms with van der Waals surface area (Å²) in [5, 5.41) is 16.9. The molecular formula is C20H40N6O5. The molecule has 0 heterocycles. The first-order valence-electron chi connectivity index (χ1n) is 10.8. The van der Waals surface area contributed by atoms with Gasteiger partial charge < -0.3 is 38.3 Å². The second-order valence-corrected chi connectivity index (χ2v) is 8.03. The Hall–Kier alpha value is -2.24. The number of carboxylic acid groups (broad SMARTS) is 1. The van der Waals surface area contributed by atoms with Crippen molar-refractivity contribution in [3.05, 3.63) is 0 Å². The van der Waals surface area contributed by atoms with Gasteiger partial charge in [-0.15, -0.1) is 0 Å². The molecule has 11 nitrogen and oxygen atoms in total. The molecule has 0 rings (SSSR count). The maximum Gasteiger partial charge on any atom is 0.326 e.